The first kappa shape index (κ1) is 22.5. The zero-order valence-electron chi connectivity index (χ0n) is 18.2. The van der Waals surface area contributed by atoms with E-state index >= 15 is 0 Å². The van der Waals surface area contributed by atoms with Gasteiger partial charge in [-0.25, -0.2) is 9.45 Å². The lowest BCUT2D eigenvalue weighted by molar-refractivity contribution is -0.641. The van der Waals surface area contributed by atoms with Crippen molar-refractivity contribution < 1.29 is 33.4 Å². The van der Waals surface area contributed by atoms with E-state index in [1.807, 2.05) is 29.6 Å². The van der Waals surface area contributed by atoms with Gasteiger partial charge in [-0.1, -0.05) is 38.3 Å². The van der Waals surface area contributed by atoms with Crippen molar-refractivity contribution in [2.24, 2.45) is 17.8 Å². The normalized spacial score (nSPS) is 34.3. The van der Waals surface area contributed by atoms with Gasteiger partial charge in [0.15, 0.2) is 5.60 Å². The predicted octanol–water partition coefficient (Wildman–Crippen LogP) is 5.62. The van der Waals surface area contributed by atoms with E-state index in [1.54, 1.807) is 13.2 Å². The van der Waals surface area contributed by atoms with E-state index in [4.69, 9.17) is 19.0 Å². The highest BCUT2D eigenvalue weighted by Crippen LogP contribution is 2.65. The molecule has 5 unspecified atom stereocenters. The quantitative estimate of drug-likeness (QED) is 0.409. The molecule has 2 saturated carbocycles. The summed E-state index contributed by atoms with van der Waals surface area (Å²) in [5.74, 6) is 0.227. The first-order chi connectivity index (χ1) is 15.3. The molecule has 3 aliphatic rings. The Balaban J connectivity index is 1.62. The van der Waals surface area contributed by atoms with Gasteiger partial charge in [0, 0.05) is 23.1 Å². The summed E-state index contributed by atoms with van der Waals surface area (Å²) in [5, 5.41) is 1.91. The second kappa shape index (κ2) is 8.20. The second-order valence-corrected chi connectivity index (χ2v) is 11.2. The molecule has 2 heterocycles. The van der Waals surface area contributed by atoms with Gasteiger partial charge in [0.1, 0.15) is 5.75 Å². The Kier molecular flexibility index (Phi) is 5.78. The molecule has 1 aliphatic heterocycles. The Morgan fingerprint density at radius 3 is 2.69 bits per heavy atom. The summed E-state index contributed by atoms with van der Waals surface area (Å²) < 4.78 is 23.0. The molecule has 1 saturated heterocycles. The minimum Gasteiger partial charge on any atom is -0.404 e. The lowest BCUT2D eigenvalue weighted by Crippen LogP contribution is -2.74. The van der Waals surface area contributed by atoms with Crippen LogP contribution in [-0.4, -0.2) is 22.5 Å². The van der Waals surface area contributed by atoms with E-state index in [0.29, 0.717) is 23.0 Å². The molecule has 32 heavy (non-hydrogen) atoms. The van der Waals surface area contributed by atoms with Gasteiger partial charge in [-0.15, -0.1) is 11.3 Å². The van der Waals surface area contributed by atoms with Gasteiger partial charge in [0.05, 0.1) is 0 Å². The summed E-state index contributed by atoms with van der Waals surface area (Å²) >= 11 is 1.47. The maximum absolute atomic E-state index is 11.8. The van der Waals surface area contributed by atoms with Crippen LogP contribution in [0.4, 0.5) is 0 Å². The summed E-state index contributed by atoms with van der Waals surface area (Å²) in [5.41, 5.74) is 0.635. The van der Waals surface area contributed by atoms with Crippen LogP contribution >= 0.6 is 19.2 Å². The molecule has 1 spiro atoms. The zero-order valence-corrected chi connectivity index (χ0v) is 19.9. The third kappa shape index (κ3) is 3.40. The molecule has 0 radical (unpaired) electrons. The Bertz CT molecular complexity index is 1010. The van der Waals surface area contributed by atoms with Crippen LogP contribution in [0.2, 0.25) is 0 Å². The van der Waals surface area contributed by atoms with Crippen molar-refractivity contribution in [3.05, 3.63) is 41.3 Å². The van der Waals surface area contributed by atoms with Crippen molar-refractivity contribution in [1.82, 2.24) is 0 Å². The standard InChI is InChI=1S/C23H29O7PS/c1-3-16-12-15-6-4-7-17(13-15)22(16)23(27-2,30-29-22)18-9-10-19(21-8-5-11-32-21)20(14-18)28-31(24,25)26/h5,8-11,14-17H,3-4,6-7,12-13H2,1-2H3,(H2,24,25,26). The van der Waals surface area contributed by atoms with Crippen molar-refractivity contribution in [1.29, 1.82) is 0 Å². The lowest BCUT2D eigenvalue weighted by atomic mass is 9.54. The van der Waals surface area contributed by atoms with E-state index < -0.39 is 19.2 Å². The zero-order chi connectivity index (χ0) is 22.6. The molecule has 7 nitrogen and oxygen atoms in total. The topological polar surface area (TPSA) is 94.5 Å². The van der Waals surface area contributed by atoms with Crippen molar-refractivity contribution in [2.75, 3.05) is 7.11 Å². The van der Waals surface area contributed by atoms with Crippen molar-refractivity contribution >= 4 is 19.2 Å². The van der Waals surface area contributed by atoms with E-state index in [9.17, 15) is 14.4 Å². The van der Waals surface area contributed by atoms with Crippen molar-refractivity contribution in [2.45, 2.75) is 56.8 Å². The first-order valence-electron chi connectivity index (χ1n) is 11.2. The molecule has 1 aromatic carbocycles. The maximum Gasteiger partial charge on any atom is 0.524 e. The Hall–Kier alpha value is -1.25. The molecular formula is C23H29O7PS. The maximum atomic E-state index is 11.8. The van der Waals surface area contributed by atoms with Gasteiger partial charge in [0.2, 0.25) is 0 Å². The smallest absolute Gasteiger partial charge is 0.404 e. The summed E-state index contributed by atoms with van der Waals surface area (Å²) in [6.45, 7) is 2.18. The highest BCUT2D eigenvalue weighted by Gasteiger charge is 2.74. The number of hydrogen-bond donors (Lipinski definition) is 2. The summed E-state index contributed by atoms with van der Waals surface area (Å²) in [7, 11) is -3.16. The van der Waals surface area contributed by atoms with Crippen molar-refractivity contribution in [3.8, 4) is 16.2 Å². The molecule has 9 heteroatoms. The number of methoxy groups -OCH3 is 1. The number of benzene rings is 1. The van der Waals surface area contributed by atoms with Crippen molar-refractivity contribution in [3.63, 3.8) is 0 Å². The molecule has 2 bridgehead atoms. The summed E-state index contributed by atoms with van der Waals surface area (Å²) in [6.07, 6.45) is 6.59. The number of rotatable bonds is 6. The van der Waals surface area contributed by atoms with Crippen LogP contribution in [0.5, 0.6) is 5.75 Å². The van der Waals surface area contributed by atoms with Crippen LogP contribution < -0.4 is 4.52 Å². The molecule has 3 fully saturated rings. The van der Waals surface area contributed by atoms with Crippen LogP contribution in [0.3, 0.4) is 0 Å². The predicted molar refractivity (Wildman–Crippen MR) is 120 cm³/mol. The molecule has 0 amide bonds. The van der Waals surface area contributed by atoms with E-state index in [1.165, 1.54) is 24.2 Å². The largest absolute Gasteiger partial charge is 0.524 e. The van der Waals surface area contributed by atoms with Crippen LogP contribution in [0.25, 0.3) is 10.4 Å². The second-order valence-electron chi connectivity index (χ2n) is 9.12. The van der Waals surface area contributed by atoms with Gasteiger partial charge in [-0.2, -0.15) is 4.89 Å². The number of hydrogen-bond acceptors (Lipinski definition) is 6. The Morgan fingerprint density at radius 2 is 2.06 bits per heavy atom. The number of phosphoric acid groups is 1. The average Bonchev–Trinajstić information content (AvgIpc) is 3.27. The molecule has 5 atom stereocenters. The molecular weight excluding hydrogens is 451 g/mol. The van der Waals surface area contributed by atoms with Gasteiger partial charge in [-0.3, -0.25) is 9.79 Å². The molecule has 2 aliphatic carbocycles. The monoisotopic (exact) mass is 480 g/mol. The Labute approximate surface area is 191 Å². The van der Waals surface area contributed by atoms with Crippen LogP contribution in [0, 0.1) is 17.8 Å². The van der Waals surface area contributed by atoms with Crippen LogP contribution in [0.1, 0.15) is 51.0 Å². The third-order valence-electron chi connectivity index (χ3n) is 7.57. The van der Waals surface area contributed by atoms with E-state index in [0.717, 1.165) is 30.6 Å². The van der Waals surface area contributed by atoms with Crippen LogP contribution in [0.15, 0.2) is 35.7 Å². The summed E-state index contributed by atoms with van der Waals surface area (Å²) in [4.78, 5) is 31.8. The number of phosphoric ester groups is 1. The highest BCUT2D eigenvalue weighted by atomic mass is 32.1. The SMILES string of the molecule is CCC1CC2CCCC(C2)C12OOC2(OC)c1ccc(-c2cccs2)c(OP(=O)(O)O)c1. The Morgan fingerprint density at radius 1 is 1.22 bits per heavy atom. The third-order valence-corrected chi connectivity index (χ3v) is 8.91. The van der Waals surface area contributed by atoms with E-state index in [-0.39, 0.29) is 11.7 Å². The van der Waals surface area contributed by atoms with Gasteiger partial charge in [0.25, 0.3) is 5.79 Å². The molecule has 2 aromatic rings. The highest BCUT2D eigenvalue weighted by molar-refractivity contribution is 7.46. The fraction of sp³-hybridized carbons (Fsp3) is 0.565. The van der Waals surface area contributed by atoms with Gasteiger partial charge >= 0.3 is 7.82 Å². The van der Waals surface area contributed by atoms with Gasteiger partial charge in [-0.05, 0) is 60.6 Å². The van der Waals surface area contributed by atoms with Gasteiger partial charge < -0.3 is 9.26 Å². The fourth-order valence-corrected chi connectivity index (χ4v) is 7.48. The molecule has 1 aromatic heterocycles. The molecule has 5 rings (SSSR count). The molecule has 174 valence electrons. The minimum atomic E-state index is -4.77. The average molecular weight is 481 g/mol. The van der Waals surface area contributed by atoms with E-state index in [2.05, 4.69) is 6.92 Å². The lowest BCUT2D eigenvalue weighted by Gasteiger charge is -2.64. The molecule has 2 N–H and O–H groups in total. The fourth-order valence-electron chi connectivity index (χ4n) is 6.31. The minimum absolute atomic E-state index is 0.103. The number of thiophene rings is 1. The number of ether oxygens (including phenoxy) is 1. The summed E-state index contributed by atoms with van der Waals surface area (Å²) in [6, 6.07) is 9.13. The number of fused-ring (bicyclic) bond motifs is 3. The van der Waals surface area contributed by atoms with Crippen LogP contribution in [-0.2, 0) is 24.9 Å². The first-order valence-corrected chi connectivity index (χ1v) is 13.6.